The maximum atomic E-state index is 11.3. The van der Waals surface area contributed by atoms with E-state index in [4.69, 9.17) is 5.11 Å². The van der Waals surface area contributed by atoms with Crippen LogP contribution >= 0.6 is 0 Å². The third-order valence-electron chi connectivity index (χ3n) is 3.65. The van der Waals surface area contributed by atoms with Gasteiger partial charge in [0.25, 0.3) is 0 Å². The predicted octanol–water partition coefficient (Wildman–Crippen LogP) is 3.97. The van der Waals surface area contributed by atoms with Gasteiger partial charge in [-0.2, -0.15) is 0 Å². The fourth-order valence-electron chi connectivity index (χ4n) is 2.32. The molecule has 3 nitrogen and oxygen atoms in total. The molecule has 0 bridgehead atoms. The summed E-state index contributed by atoms with van der Waals surface area (Å²) in [6.45, 7) is 2.04. The van der Waals surface area contributed by atoms with Gasteiger partial charge in [-0.1, -0.05) is 31.9 Å². The summed E-state index contributed by atoms with van der Waals surface area (Å²) >= 11 is 0. The van der Waals surface area contributed by atoms with E-state index in [9.17, 15) is 9.59 Å². The Labute approximate surface area is 116 Å². The molecule has 3 heteroatoms. The Bertz CT molecular complexity index is 320. The van der Waals surface area contributed by atoms with Gasteiger partial charge in [-0.3, -0.25) is 9.59 Å². The zero-order valence-electron chi connectivity index (χ0n) is 11.9. The molecule has 1 fully saturated rings. The van der Waals surface area contributed by atoms with Gasteiger partial charge in [-0.05, 0) is 38.0 Å². The Morgan fingerprint density at radius 3 is 2.53 bits per heavy atom. The molecule has 0 aliphatic heterocycles. The zero-order valence-corrected chi connectivity index (χ0v) is 11.9. The lowest BCUT2D eigenvalue weighted by Crippen LogP contribution is -1.97. The van der Waals surface area contributed by atoms with Crippen molar-refractivity contribution in [3.8, 4) is 0 Å². The van der Waals surface area contributed by atoms with Crippen molar-refractivity contribution < 1.29 is 14.7 Å². The average Bonchev–Trinajstić information content (AvgIpc) is 3.12. The van der Waals surface area contributed by atoms with Crippen molar-refractivity contribution in [1.29, 1.82) is 0 Å². The van der Waals surface area contributed by atoms with Crippen LogP contribution in [0.3, 0.4) is 0 Å². The van der Waals surface area contributed by atoms with Crippen LogP contribution < -0.4 is 0 Å². The molecule has 0 amide bonds. The third-order valence-corrected chi connectivity index (χ3v) is 3.65. The van der Waals surface area contributed by atoms with Gasteiger partial charge in [0.1, 0.15) is 5.78 Å². The number of carbonyl (C=O) groups excluding carboxylic acids is 1. The molecule has 0 aromatic carbocycles. The van der Waals surface area contributed by atoms with E-state index in [2.05, 4.69) is 12.2 Å². The van der Waals surface area contributed by atoms with Gasteiger partial charge in [-0.25, -0.2) is 0 Å². The second kappa shape index (κ2) is 8.89. The van der Waals surface area contributed by atoms with E-state index in [0.717, 1.165) is 57.8 Å². The van der Waals surface area contributed by atoms with Crippen LogP contribution in [-0.4, -0.2) is 16.9 Å². The molecule has 1 aliphatic carbocycles. The van der Waals surface area contributed by atoms with E-state index in [1.807, 2.05) is 6.92 Å². The van der Waals surface area contributed by atoms with Crippen LogP contribution in [-0.2, 0) is 9.59 Å². The molecule has 2 atom stereocenters. The fourth-order valence-corrected chi connectivity index (χ4v) is 2.32. The molecule has 0 aromatic heterocycles. The molecule has 1 aliphatic rings. The highest BCUT2D eigenvalue weighted by atomic mass is 16.4. The van der Waals surface area contributed by atoms with Crippen molar-refractivity contribution in [2.75, 3.05) is 0 Å². The first-order valence-electron chi connectivity index (χ1n) is 7.56. The highest BCUT2D eigenvalue weighted by Gasteiger charge is 2.40. The molecule has 0 aromatic rings. The van der Waals surface area contributed by atoms with Crippen LogP contribution in [0.2, 0.25) is 0 Å². The van der Waals surface area contributed by atoms with Gasteiger partial charge in [0, 0.05) is 12.8 Å². The number of aliphatic carboxylic acids is 1. The van der Waals surface area contributed by atoms with Crippen LogP contribution in [0.4, 0.5) is 0 Å². The summed E-state index contributed by atoms with van der Waals surface area (Å²) in [5, 5.41) is 8.75. The van der Waals surface area contributed by atoms with Gasteiger partial charge in [0.2, 0.25) is 0 Å². The quantitative estimate of drug-likeness (QED) is 0.454. The topological polar surface area (TPSA) is 54.4 Å². The summed E-state index contributed by atoms with van der Waals surface area (Å²) in [6, 6.07) is 0. The maximum absolute atomic E-state index is 11.3. The largest absolute Gasteiger partial charge is 0.481 e. The van der Waals surface area contributed by atoms with Crippen LogP contribution in [0.5, 0.6) is 0 Å². The van der Waals surface area contributed by atoms with Crippen LogP contribution in [0.25, 0.3) is 0 Å². The summed E-state index contributed by atoms with van der Waals surface area (Å²) in [5.41, 5.74) is 0. The number of rotatable bonds is 11. The highest BCUT2D eigenvalue weighted by Crippen LogP contribution is 2.39. The monoisotopic (exact) mass is 266 g/mol. The third kappa shape index (κ3) is 7.14. The molecule has 108 valence electrons. The van der Waals surface area contributed by atoms with E-state index in [1.165, 1.54) is 0 Å². The van der Waals surface area contributed by atoms with Crippen molar-refractivity contribution in [1.82, 2.24) is 0 Å². The van der Waals surface area contributed by atoms with Crippen LogP contribution in [0.15, 0.2) is 12.2 Å². The molecule has 0 radical (unpaired) electrons. The van der Waals surface area contributed by atoms with Gasteiger partial charge in [-0.15, -0.1) is 0 Å². The summed E-state index contributed by atoms with van der Waals surface area (Å²) < 4.78 is 0. The smallest absolute Gasteiger partial charge is 0.307 e. The molecule has 1 N–H and O–H groups in total. The first kappa shape index (κ1) is 15.9. The molecule has 1 saturated carbocycles. The highest BCUT2D eigenvalue weighted by molar-refractivity contribution is 5.78. The van der Waals surface area contributed by atoms with Crippen molar-refractivity contribution >= 4 is 11.8 Å². The summed E-state index contributed by atoms with van der Waals surface area (Å²) in [5.74, 6) is -0.104. The molecule has 0 heterocycles. The predicted molar refractivity (Wildman–Crippen MR) is 76.0 cm³/mol. The number of hydrogen-bond donors (Lipinski definition) is 1. The molecular weight excluding hydrogens is 240 g/mol. The van der Waals surface area contributed by atoms with Crippen molar-refractivity contribution in [3.05, 3.63) is 12.2 Å². The Kier molecular flexibility index (Phi) is 7.46. The Hall–Kier alpha value is -1.12. The lowest BCUT2D eigenvalue weighted by Gasteiger charge is -1.99. The number of carboxylic acid groups (broad SMARTS) is 1. The molecule has 1 rings (SSSR count). The summed E-state index contributed by atoms with van der Waals surface area (Å²) in [6.07, 6.45) is 12.9. The van der Waals surface area contributed by atoms with E-state index >= 15 is 0 Å². The van der Waals surface area contributed by atoms with Crippen molar-refractivity contribution in [2.45, 2.75) is 64.7 Å². The zero-order chi connectivity index (χ0) is 14.1. The Morgan fingerprint density at radius 1 is 1.16 bits per heavy atom. The van der Waals surface area contributed by atoms with E-state index in [1.54, 1.807) is 0 Å². The second-order valence-electron chi connectivity index (χ2n) is 5.51. The minimum absolute atomic E-state index is 0.124. The summed E-state index contributed by atoms with van der Waals surface area (Å²) in [4.78, 5) is 21.9. The average molecular weight is 266 g/mol. The van der Waals surface area contributed by atoms with Crippen molar-refractivity contribution in [3.63, 3.8) is 0 Å². The Balaban J connectivity index is 1.88. The number of hydrogen-bond acceptors (Lipinski definition) is 2. The van der Waals surface area contributed by atoms with Gasteiger partial charge in [0.15, 0.2) is 0 Å². The Morgan fingerprint density at radius 2 is 1.89 bits per heavy atom. The van der Waals surface area contributed by atoms with E-state index in [0.29, 0.717) is 5.78 Å². The summed E-state index contributed by atoms with van der Waals surface area (Å²) in [7, 11) is 0. The van der Waals surface area contributed by atoms with Crippen LogP contribution in [0, 0.1) is 11.8 Å². The van der Waals surface area contributed by atoms with Crippen LogP contribution in [0.1, 0.15) is 64.7 Å². The van der Waals surface area contributed by atoms with Gasteiger partial charge < -0.3 is 5.11 Å². The molecule has 19 heavy (non-hydrogen) atoms. The van der Waals surface area contributed by atoms with E-state index < -0.39 is 5.97 Å². The minimum atomic E-state index is -0.661. The fraction of sp³-hybridized carbons (Fsp3) is 0.750. The molecule has 0 saturated heterocycles. The van der Waals surface area contributed by atoms with E-state index in [-0.39, 0.29) is 11.8 Å². The molecular formula is C16H26O3. The minimum Gasteiger partial charge on any atom is -0.481 e. The standard InChI is InChI=1S/C16H26O3/c1-2-9-14(17)11-8-6-4-3-5-7-10-13-12-15(13)16(18)19/h7,10,13,15H,2-6,8-9,11-12H2,1H3,(H,18,19)/b10-7-. The normalized spacial score (nSPS) is 21.7. The van der Waals surface area contributed by atoms with Gasteiger partial charge in [0.05, 0.1) is 5.92 Å². The molecule has 2 unspecified atom stereocenters. The number of ketones is 1. The number of carbonyl (C=O) groups is 2. The molecule has 0 spiro atoms. The first-order chi connectivity index (χ1) is 9.15. The lowest BCUT2D eigenvalue weighted by molar-refractivity contribution is -0.138. The first-order valence-corrected chi connectivity index (χ1v) is 7.56. The number of Topliss-reactive ketones (excluding diaryl/α,β-unsaturated/α-hetero) is 1. The van der Waals surface area contributed by atoms with Crippen molar-refractivity contribution in [2.24, 2.45) is 11.8 Å². The number of unbranched alkanes of at least 4 members (excludes halogenated alkanes) is 4. The second-order valence-corrected chi connectivity index (χ2v) is 5.51. The maximum Gasteiger partial charge on any atom is 0.307 e. The number of allylic oxidation sites excluding steroid dienone is 2. The lowest BCUT2D eigenvalue weighted by atomic mass is 10.1. The SMILES string of the molecule is CCCC(=O)CCCCCC/C=C\C1CC1C(=O)O. The number of carboxylic acids is 1. The van der Waals surface area contributed by atoms with Gasteiger partial charge >= 0.3 is 5.97 Å².